The van der Waals surface area contributed by atoms with Crippen LogP contribution >= 0.6 is 11.6 Å². The summed E-state index contributed by atoms with van der Waals surface area (Å²) in [4.78, 5) is 11.1. The minimum Gasteiger partial charge on any atom is -0.481 e. The van der Waals surface area contributed by atoms with Crippen molar-refractivity contribution in [2.24, 2.45) is 5.41 Å². The molecule has 0 atom stereocenters. The van der Waals surface area contributed by atoms with E-state index in [9.17, 15) is 9.18 Å². The second kappa shape index (κ2) is 5.16. The average Bonchev–Trinajstić information content (AvgIpc) is 2.79. The molecule has 0 amide bonds. The normalized spacial score (nSPS) is 11.6. The number of nitrogens with zero attached hydrogens (tertiary/aromatic N) is 4. The molecule has 0 saturated heterocycles. The first-order valence-corrected chi connectivity index (χ1v) is 6.14. The van der Waals surface area contributed by atoms with Crippen LogP contribution in [0.25, 0.3) is 11.4 Å². The Kier molecular flexibility index (Phi) is 3.71. The lowest BCUT2D eigenvalue weighted by Gasteiger charge is -2.19. The van der Waals surface area contributed by atoms with Gasteiger partial charge in [0.2, 0.25) is 0 Å². The molecule has 6 nitrogen and oxygen atoms in total. The van der Waals surface area contributed by atoms with Gasteiger partial charge in [0.15, 0.2) is 5.82 Å². The molecule has 1 heterocycles. The maximum Gasteiger partial charge on any atom is 0.310 e. The van der Waals surface area contributed by atoms with E-state index in [1.165, 1.54) is 36.7 Å². The second-order valence-electron chi connectivity index (χ2n) is 4.97. The third kappa shape index (κ3) is 2.77. The van der Waals surface area contributed by atoms with Gasteiger partial charge in [-0.15, -0.1) is 5.10 Å². The minimum atomic E-state index is -1.08. The van der Waals surface area contributed by atoms with E-state index < -0.39 is 17.2 Å². The number of halogens is 2. The Labute approximate surface area is 119 Å². The molecule has 0 aliphatic heterocycles. The van der Waals surface area contributed by atoms with Crippen LogP contribution in [0.2, 0.25) is 5.02 Å². The van der Waals surface area contributed by atoms with E-state index in [0.29, 0.717) is 5.02 Å². The molecule has 20 heavy (non-hydrogen) atoms. The largest absolute Gasteiger partial charge is 0.481 e. The highest BCUT2D eigenvalue weighted by molar-refractivity contribution is 6.30. The zero-order valence-corrected chi connectivity index (χ0v) is 11.6. The van der Waals surface area contributed by atoms with Crippen LogP contribution in [0.1, 0.15) is 13.8 Å². The summed E-state index contributed by atoms with van der Waals surface area (Å²) in [7, 11) is 0. The number of carbonyl (C=O) groups is 1. The van der Waals surface area contributed by atoms with Gasteiger partial charge >= 0.3 is 5.97 Å². The summed E-state index contributed by atoms with van der Waals surface area (Å²) in [6.45, 7) is 3.08. The molecular weight excluding hydrogens is 287 g/mol. The van der Waals surface area contributed by atoms with Crippen molar-refractivity contribution in [3.05, 3.63) is 29.0 Å². The Bertz CT molecular complexity index is 657. The summed E-state index contributed by atoms with van der Waals surface area (Å²) in [5, 5.41) is 20.4. The molecule has 0 fully saturated rings. The van der Waals surface area contributed by atoms with E-state index in [-0.39, 0.29) is 17.9 Å². The molecule has 0 spiro atoms. The van der Waals surface area contributed by atoms with Gasteiger partial charge in [-0.05, 0) is 42.5 Å². The predicted octanol–water partition coefficient (Wildman–Crippen LogP) is 2.24. The number of aromatic nitrogens is 4. The quantitative estimate of drug-likeness (QED) is 0.936. The third-order valence-corrected chi connectivity index (χ3v) is 3.06. The minimum absolute atomic E-state index is 0.0105. The fourth-order valence-electron chi connectivity index (χ4n) is 1.61. The number of benzene rings is 1. The first-order chi connectivity index (χ1) is 9.31. The van der Waals surface area contributed by atoms with Gasteiger partial charge in [-0.2, -0.15) is 0 Å². The lowest BCUT2D eigenvalue weighted by Crippen LogP contribution is -2.30. The molecule has 0 radical (unpaired) electrons. The second-order valence-corrected chi connectivity index (χ2v) is 5.41. The number of rotatable bonds is 4. The van der Waals surface area contributed by atoms with Gasteiger partial charge in [0.1, 0.15) is 5.82 Å². The topological polar surface area (TPSA) is 80.9 Å². The molecule has 0 aliphatic rings. The summed E-state index contributed by atoms with van der Waals surface area (Å²) >= 11 is 5.83. The van der Waals surface area contributed by atoms with Crippen LogP contribution in [0, 0.1) is 11.2 Å². The van der Waals surface area contributed by atoms with Crippen molar-refractivity contribution in [2.75, 3.05) is 0 Å². The van der Waals surface area contributed by atoms with Gasteiger partial charge in [0, 0.05) is 5.02 Å². The van der Waals surface area contributed by atoms with E-state index in [0.717, 1.165) is 0 Å². The summed E-state index contributed by atoms with van der Waals surface area (Å²) in [6, 6.07) is 4.02. The van der Waals surface area contributed by atoms with Crippen molar-refractivity contribution < 1.29 is 14.3 Å². The third-order valence-electron chi connectivity index (χ3n) is 2.83. The van der Waals surface area contributed by atoms with Crippen LogP contribution in [-0.4, -0.2) is 31.3 Å². The van der Waals surface area contributed by atoms with Crippen molar-refractivity contribution in [3.8, 4) is 11.4 Å². The average molecular weight is 299 g/mol. The van der Waals surface area contributed by atoms with Crippen LogP contribution in [0.15, 0.2) is 18.2 Å². The number of hydrogen-bond acceptors (Lipinski definition) is 4. The number of hydrogen-bond donors (Lipinski definition) is 1. The van der Waals surface area contributed by atoms with Crippen LogP contribution in [-0.2, 0) is 11.3 Å². The van der Waals surface area contributed by atoms with Gasteiger partial charge in [0.05, 0.1) is 17.5 Å². The first kappa shape index (κ1) is 14.4. The molecule has 1 aromatic heterocycles. The molecule has 1 N–H and O–H groups in total. The molecule has 0 bridgehead atoms. The first-order valence-electron chi connectivity index (χ1n) is 5.76. The van der Waals surface area contributed by atoms with Gasteiger partial charge < -0.3 is 5.11 Å². The highest BCUT2D eigenvalue weighted by Gasteiger charge is 2.30. The molecule has 2 aromatic rings. The van der Waals surface area contributed by atoms with Crippen molar-refractivity contribution in [2.45, 2.75) is 20.4 Å². The van der Waals surface area contributed by atoms with Crippen LogP contribution in [0.3, 0.4) is 0 Å². The Morgan fingerprint density at radius 2 is 2.20 bits per heavy atom. The lowest BCUT2D eigenvalue weighted by atomic mass is 9.94. The summed E-state index contributed by atoms with van der Waals surface area (Å²) in [5.41, 5.74) is -0.956. The van der Waals surface area contributed by atoms with E-state index in [4.69, 9.17) is 16.7 Å². The predicted molar refractivity (Wildman–Crippen MR) is 69.6 cm³/mol. The molecule has 0 unspecified atom stereocenters. The molecule has 8 heteroatoms. The zero-order chi connectivity index (χ0) is 14.9. The molecule has 2 rings (SSSR count). The monoisotopic (exact) mass is 298 g/mol. The van der Waals surface area contributed by atoms with Crippen molar-refractivity contribution in [1.82, 2.24) is 20.2 Å². The maximum absolute atomic E-state index is 13.8. The Hall–Kier alpha value is -2.02. The van der Waals surface area contributed by atoms with Gasteiger partial charge in [-0.1, -0.05) is 11.6 Å². The van der Waals surface area contributed by atoms with Gasteiger partial charge in [-0.3, -0.25) is 4.79 Å². The van der Waals surface area contributed by atoms with Crippen molar-refractivity contribution in [3.63, 3.8) is 0 Å². The van der Waals surface area contributed by atoms with Crippen molar-refractivity contribution >= 4 is 17.6 Å². The van der Waals surface area contributed by atoms with Crippen LogP contribution in [0.4, 0.5) is 4.39 Å². The zero-order valence-electron chi connectivity index (χ0n) is 10.8. The SMILES string of the molecule is CC(C)(Cn1nnnc1-c1cc(Cl)ccc1F)C(=O)O. The number of carboxylic acid groups (broad SMARTS) is 1. The number of aliphatic carboxylic acids is 1. The number of tetrazole rings is 1. The molecular formula is C12H12ClFN4O2. The molecule has 106 valence electrons. The molecule has 1 aromatic carbocycles. The Morgan fingerprint density at radius 3 is 2.85 bits per heavy atom. The smallest absolute Gasteiger partial charge is 0.310 e. The van der Waals surface area contributed by atoms with Crippen LogP contribution < -0.4 is 0 Å². The van der Waals surface area contributed by atoms with Gasteiger partial charge in [0.25, 0.3) is 0 Å². The van der Waals surface area contributed by atoms with Crippen LogP contribution in [0.5, 0.6) is 0 Å². The fourth-order valence-corrected chi connectivity index (χ4v) is 1.79. The van der Waals surface area contributed by atoms with E-state index in [2.05, 4.69) is 15.5 Å². The highest BCUT2D eigenvalue weighted by atomic mass is 35.5. The summed E-state index contributed by atoms with van der Waals surface area (Å²) in [6.07, 6.45) is 0. The highest BCUT2D eigenvalue weighted by Crippen LogP contribution is 2.26. The standard InChI is InChI=1S/C12H12ClFN4O2/c1-12(2,11(19)20)6-18-10(15-16-17-18)8-5-7(13)3-4-9(8)14/h3-5H,6H2,1-2H3,(H,19,20). The van der Waals surface area contributed by atoms with Crippen molar-refractivity contribution in [1.29, 1.82) is 0 Å². The lowest BCUT2D eigenvalue weighted by molar-refractivity contribution is -0.147. The summed E-state index contributed by atoms with van der Waals surface area (Å²) in [5.74, 6) is -1.39. The van der Waals surface area contributed by atoms with E-state index >= 15 is 0 Å². The fraction of sp³-hybridized carbons (Fsp3) is 0.333. The van der Waals surface area contributed by atoms with E-state index in [1.54, 1.807) is 0 Å². The van der Waals surface area contributed by atoms with E-state index in [1.807, 2.05) is 0 Å². The molecule has 0 aliphatic carbocycles. The molecule has 0 saturated carbocycles. The number of carboxylic acids is 1. The Balaban J connectivity index is 2.43. The summed E-state index contributed by atoms with van der Waals surface area (Å²) < 4.78 is 15.1. The van der Waals surface area contributed by atoms with Gasteiger partial charge in [-0.25, -0.2) is 9.07 Å². The Morgan fingerprint density at radius 1 is 1.50 bits per heavy atom. The maximum atomic E-state index is 13.8.